The zero-order valence-corrected chi connectivity index (χ0v) is 18.5. The van der Waals surface area contributed by atoms with Crippen LogP contribution in [-0.4, -0.2) is 33.8 Å². The number of alkyl halides is 6. The summed E-state index contributed by atoms with van der Waals surface area (Å²) in [5, 5.41) is 2.70. The van der Waals surface area contributed by atoms with Gasteiger partial charge >= 0.3 is 12.4 Å². The number of nitrogens with zero attached hydrogens (tertiary/aromatic N) is 2. The van der Waals surface area contributed by atoms with Crippen LogP contribution in [0.4, 0.5) is 30.7 Å². The number of hydrogen-bond donors (Lipinski definition) is 1. The molecular weight excluding hydrogens is 495 g/mol. The van der Waals surface area contributed by atoms with Gasteiger partial charge < -0.3 is 10.2 Å². The smallest absolute Gasteiger partial charge is 0.347 e. The molecule has 0 spiro atoms. The summed E-state index contributed by atoms with van der Waals surface area (Å²) < 4.78 is 92.7. The lowest BCUT2D eigenvalue weighted by molar-refractivity contribution is -0.141. The largest absolute Gasteiger partial charge is 0.433 e. The van der Waals surface area contributed by atoms with E-state index in [1.807, 2.05) is 0 Å². The molecule has 3 aliphatic rings. The highest BCUT2D eigenvalue weighted by molar-refractivity contribution is 5.98. The van der Waals surface area contributed by atoms with Crippen molar-refractivity contribution in [1.29, 1.82) is 0 Å². The van der Waals surface area contributed by atoms with Crippen LogP contribution in [0.2, 0.25) is 0 Å². The molecule has 2 heterocycles. The van der Waals surface area contributed by atoms with Crippen LogP contribution in [0.3, 0.4) is 0 Å². The molecule has 12 heteroatoms. The summed E-state index contributed by atoms with van der Waals surface area (Å²) in [6.07, 6.45) is -6.39. The molecule has 4 atom stereocenters. The Labute approximate surface area is 200 Å². The summed E-state index contributed by atoms with van der Waals surface area (Å²) in [7, 11) is 0. The van der Waals surface area contributed by atoms with Crippen LogP contribution < -0.4 is 5.32 Å². The minimum atomic E-state index is -4.75. The van der Waals surface area contributed by atoms with Gasteiger partial charge in [0.25, 0.3) is 5.91 Å². The molecule has 36 heavy (non-hydrogen) atoms. The second-order valence-corrected chi connectivity index (χ2v) is 9.51. The van der Waals surface area contributed by atoms with Gasteiger partial charge in [-0.2, -0.15) is 26.3 Å². The van der Waals surface area contributed by atoms with Crippen molar-refractivity contribution in [2.24, 2.45) is 11.8 Å². The van der Waals surface area contributed by atoms with E-state index in [9.17, 15) is 40.3 Å². The Balaban J connectivity index is 1.37. The third-order valence-corrected chi connectivity index (χ3v) is 6.99. The standard InChI is InChI=1S/C24H20F7N3O2/c25-16-10-14(23(26,27)28)3-4-15(16)20(11-1-2-11)33-21(35)18-8-13-7-17(13)34(18)22(36)12-5-6-32-19(9-12)24(29,30)31/h3-6,9-11,13,17-18,20H,1-2,7-8H2,(H,33,35)/t13-,17-,18-,20?/m1/s1. The molecular formula is C24H20F7N3O2. The molecule has 3 fully saturated rings. The number of hydrogen-bond acceptors (Lipinski definition) is 3. The highest BCUT2D eigenvalue weighted by atomic mass is 19.4. The Kier molecular flexibility index (Phi) is 5.75. The fourth-order valence-corrected chi connectivity index (χ4v) is 4.93. The average molecular weight is 515 g/mol. The zero-order chi connectivity index (χ0) is 26.0. The van der Waals surface area contributed by atoms with E-state index in [2.05, 4.69) is 10.3 Å². The Morgan fingerprint density at radius 3 is 2.33 bits per heavy atom. The first-order valence-electron chi connectivity index (χ1n) is 11.4. The van der Waals surface area contributed by atoms with Crippen LogP contribution >= 0.6 is 0 Å². The van der Waals surface area contributed by atoms with E-state index in [4.69, 9.17) is 0 Å². The molecule has 2 saturated carbocycles. The van der Waals surface area contributed by atoms with Crippen molar-refractivity contribution in [3.05, 3.63) is 64.7 Å². The number of rotatable bonds is 5. The maximum absolute atomic E-state index is 14.7. The van der Waals surface area contributed by atoms with E-state index in [0.717, 1.165) is 24.4 Å². The number of carbonyl (C=O) groups is 2. The lowest BCUT2D eigenvalue weighted by Gasteiger charge is -2.29. The molecule has 2 aromatic rings. The number of likely N-dealkylation sites (tertiary alicyclic amines) is 1. The minimum absolute atomic E-state index is 0.0239. The van der Waals surface area contributed by atoms with Gasteiger partial charge in [-0.05, 0) is 61.8 Å². The summed E-state index contributed by atoms with van der Waals surface area (Å²) in [4.78, 5) is 30.9. The third-order valence-electron chi connectivity index (χ3n) is 6.99. The van der Waals surface area contributed by atoms with Crippen LogP contribution in [-0.2, 0) is 17.1 Å². The van der Waals surface area contributed by atoms with Crippen molar-refractivity contribution in [3.63, 3.8) is 0 Å². The van der Waals surface area contributed by atoms with Gasteiger partial charge in [-0.3, -0.25) is 14.6 Å². The number of pyridine rings is 1. The van der Waals surface area contributed by atoms with Gasteiger partial charge in [-0.1, -0.05) is 6.07 Å². The van der Waals surface area contributed by atoms with E-state index >= 15 is 0 Å². The van der Waals surface area contributed by atoms with Gasteiger partial charge in [-0.25, -0.2) is 4.39 Å². The molecule has 1 aliphatic heterocycles. The average Bonchev–Trinajstić information content (AvgIpc) is 3.74. The van der Waals surface area contributed by atoms with E-state index in [0.29, 0.717) is 37.8 Å². The molecule has 5 rings (SSSR count). The molecule has 2 amide bonds. The van der Waals surface area contributed by atoms with Gasteiger partial charge in [0.2, 0.25) is 5.91 Å². The quantitative estimate of drug-likeness (QED) is 0.562. The van der Waals surface area contributed by atoms with Gasteiger partial charge in [0, 0.05) is 23.4 Å². The number of fused-ring (bicyclic) bond motifs is 1. The van der Waals surface area contributed by atoms with E-state index in [1.54, 1.807) is 0 Å². The molecule has 5 nitrogen and oxygen atoms in total. The molecule has 1 unspecified atom stereocenters. The van der Waals surface area contributed by atoms with Crippen LogP contribution in [0.15, 0.2) is 36.5 Å². The number of aromatic nitrogens is 1. The SMILES string of the molecule is O=C(NC(c1ccc(C(F)(F)F)cc1F)C1CC1)[C@H]1C[C@H]2C[C@H]2N1C(=O)c1ccnc(C(F)(F)F)c1. The second-order valence-electron chi connectivity index (χ2n) is 9.51. The summed E-state index contributed by atoms with van der Waals surface area (Å²) in [6.45, 7) is 0. The molecule has 1 aromatic carbocycles. The Bertz CT molecular complexity index is 1210. The fourth-order valence-electron chi connectivity index (χ4n) is 4.93. The molecule has 1 saturated heterocycles. The first kappa shape index (κ1) is 24.5. The Morgan fingerprint density at radius 2 is 1.72 bits per heavy atom. The topological polar surface area (TPSA) is 62.3 Å². The molecule has 1 aromatic heterocycles. The monoisotopic (exact) mass is 515 g/mol. The van der Waals surface area contributed by atoms with Crippen molar-refractivity contribution in [2.45, 2.75) is 56.2 Å². The van der Waals surface area contributed by atoms with Crippen LogP contribution in [0, 0.1) is 17.7 Å². The Hall–Kier alpha value is -3.18. The molecule has 192 valence electrons. The van der Waals surface area contributed by atoms with Crippen molar-refractivity contribution in [2.75, 3.05) is 0 Å². The number of benzene rings is 1. The van der Waals surface area contributed by atoms with Gasteiger partial charge in [0.1, 0.15) is 17.6 Å². The number of halogens is 7. The second kappa shape index (κ2) is 8.45. The molecule has 1 N–H and O–H groups in total. The fraction of sp³-hybridized carbons (Fsp3) is 0.458. The van der Waals surface area contributed by atoms with Crippen LogP contribution in [0.1, 0.15) is 58.9 Å². The number of piperidine rings is 1. The highest BCUT2D eigenvalue weighted by Gasteiger charge is 2.56. The normalized spacial score (nSPS) is 24.3. The highest BCUT2D eigenvalue weighted by Crippen LogP contribution is 2.49. The number of carbonyl (C=O) groups excluding carboxylic acids is 2. The lowest BCUT2D eigenvalue weighted by atomic mass is 9.99. The van der Waals surface area contributed by atoms with Crippen LogP contribution in [0.5, 0.6) is 0 Å². The Morgan fingerprint density at radius 1 is 1.00 bits per heavy atom. The van der Waals surface area contributed by atoms with Crippen molar-refractivity contribution in [3.8, 4) is 0 Å². The van der Waals surface area contributed by atoms with Crippen molar-refractivity contribution in [1.82, 2.24) is 15.2 Å². The molecule has 0 bridgehead atoms. The molecule has 0 radical (unpaired) electrons. The van der Waals surface area contributed by atoms with E-state index < -0.39 is 53.3 Å². The van der Waals surface area contributed by atoms with E-state index in [-0.39, 0.29) is 29.0 Å². The maximum atomic E-state index is 14.7. The summed E-state index contributed by atoms with van der Waals surface area (Å²) in [5.41, 5.74) is -2.71. The number of amides is 2. The minimum Gasteiger partial charge on any atom is -0.347 e. The molecule has 2 aliphatic carbocycles. The maximum Gasteiger partial charge on any atom is 0.433 e. The first-order chi connectivity index (χ1) is 16.8. The lowest BCUT2D eigenvalue weighted by Crippen LogP contribution is -2.49. The number of nitrogens with one attached hydrogen (secondary N) is 1. The first-order valence-corrected chi connectivity index (χ1v) is 11.4. The van der Waals surface area contributed by atoms with Gasteiger partial charge in [0.15, 0.2) is 0 Å². The van der Waals surface area contributed by atoms with Crippen molar-refractivity contribution < 1.29 is 40.3 Å². The van der Waals surface area contributed by atoms with Gasteiger partial charge in [0.05, 0.1) is 11.6 Å². The summed E-state index contributed by atoms with van der Waals surface area (Å²) in [6, 6.07) is 1.77. The zero-order valence-electron chi connectivity index (χ0n) is 18.5. The summed E-state index contributed by atoms with van der Waals surface area (Å²) >= 11 is 0. The van der Waals surface area contributed by atoms with E-state index in [1.165, 1.54) is 4.90 Å². The third kappa shape index (κ3) is 4.64. The predicted molar refractivity (Wildman–Crippen MR) is 111 cm³/mol. The van der Waals surface area contributed by atoms with Gasteiger partial charge in [-0.15, -0.1) is 0 Å². The van der Waals surface area contributed by atoms with Crippen LogP contribution in [0.25, 0.3) is 0 Å². The predicted octanol–water partition coefficient (Wildman–Crippen LogP) is 5.13. The van der Waals surface area contributed by atoms with Crippen molar-refractivity contribution >= 4 is 11.8 Å². The summed E-state index contributed by atoms with van der Waals surface area (Å²) in [5.74, 6) is -2.60.